The molecule has 0 saturated heterocycles. The fraction of sp³-hybridized carbons (Fsp3) is 0.647. The van der Waals surface area contributed by atoms with Gasteiger partial charge in [0, 0.05) is 21.6 Å². The van der Waals surface area contributed by atoms with E-state index < -0.39 is 0 Å². The molecule has 2 fully saturated rings. The predicted molar refractivity (Wildman–Crippen MR) is 93.8 cm³/mol. The normalized spacial score (nSPS) is 26.4. The molecule has 0 aromatic carbocycles. The topological polar surface area (TPSA) is 62.5 Å². The smallest absolute Gasteiger partial charge is 0.241 e. The van der Waals surface area contributed by atoms with E-state index in [0.29, 0.717) is 5.92 Å². The fourth-order valence-corrected chi connectivity index (χ4v) is 4.16. The summed E-state index contributed by atoms with van der Waals surface area (Å²) in [6.07, 6.45) is 9.07. The molecule has 2 N–H and O–H groups in total. The number of halogens is 1. The number of hydrogen-bond donors (Lipinski definition) is 2. The summed E-state index contributed by atoms with van der Waals surface area (Å²) in [5.41, 5.74) is 2.45. The summed E-state index contributed by atoms with van der Waals surface area (Å²) < 4.78 is 3.08. The first-order chi connectivity index (χ1) is 11.1. The van der Waals surface area contributed by atoms with Crippen LogP contribution in [0, 0.1) is 0 Å². The highest BCUT2D eigenvalue weighted by atomic mass is 79.9. The van der Waals surface area contributed by atoms with Crippen LogP contribution in [0.5, 0.6) is 0 Å². The van der Waals surface area contributed by atoms with Crippen LogP contribution in [-0.2, 0) is 0 Å². The average molecular weight is 379 g/mol. The van der Waals surface area contributed by atoms with E-state index in [1.807, 2.05) is 10.7 Å². The Bertz CT molecular complexity index is 717. The lowest BCUT2D eigenvalue weighted by molar-refractivity contribution is 0.121. The van der Waals surface area contributed by atoms with E-state index in [1.54, 1.807) is 0 Å². The van der Waals surface area contributed by atoms with Crippen molar-refractivity contribution in [2.45, 2.75) is 69.4 Å². The largest absolute Gasteiger partial charge is 0.393 e. The molecule has 2 aromatic rings. The maximum Gasteiger partial charge on any atom is 0.241 e. The lowest BCUT2D eigenvalue weighted by Crippen LogP contribution is -2.22. The standard InChI is InChI=1S/C17H23BrN4O/c1-2-17(7-8-17)20-16-19-10-15-13(18)9-14(22(15)21-16)11-3-5-12(23)6-4-11/h9-12,23H,2-8H2,1H3,(H,20,21). The zero-order chi connectivity index (χ0) is 16.0. The first kappa shape index (κ1) is 15.4. The van der Waals surface area contributed by atoms with Crippen LogP contribution in [0.15, 0.2) is 16.7 Å². The maximum absolute atomic E-state index is 9.75. The van der Waals surface area contributed by atoms with Gasteiger partial charge < -0.3 is 10.4 Å². The summed E-state index contributed by atoms with van der Waals surface area (Å²) in [5.74, 6) is 1.18. The quantitative estimate of drug-likeness (QED) is 0.847. The van der Waals surface area contributed by atoms with Crippen LogP contribution in [0.25, 0.3) is 5.52 Å². The van der Waals surface area contributed by atoms with Crippen molar-refractivity contribution in [2.24, 2.45) is 0 Å². The van der Waals surface area contributed by atoms with Gasteiger partial charge in [0.2, 0.25) is 5.95 Å². The number of fused-ring (bicyclic) bond motifs is 1. The second-order valence-corrected chi connectivity index (χ2v) is 7.91. The molecule has 0 bridgehead atoms. The summed E-state index contributed by atoms with van der Waals surface area (Å²) in [7, 11) is 0. The predicted octanol–water partition coefficient (Wildman–Crippen LogP) is 3.86. The maximum atomic E-state index is 9.75. The molecule has 2 saturated carbocycles. The number of aromatic nitrogens is 3. The Labute approximate surface area is 144 Å². The Hall–Kier alpha value is -1.14. The molecule has 0 unspecified atom stereocenters. The number of aliphatic hydroxyl groups is 1. The number of nitrogens with zero attached hydrogens (tertiary/aromatic N) is 3. The molecule has 23 heavy (non-hydrogen) atoms. The Morgan fingerprint density at radius 3 is 2.74 bits per heavy atom. The molecule has 2 aromatic heterocycles. The first-order valence-corrected chi connectivity index (χ1v) is 9.40. The van der Waals surface area contributed by atoms with Gasteiger partial charge in [-0.25, -0.2) is 9.50 Å². The molecular formula is C17H23BrN4O. The molecule has 2 aliphatic rings. The van der Waals surface area contributed by atoms with E-state index in [2.05, 4.69) is 39.2 Å². The van der Waals surface area contributed by atoms with Gasteiger partial charge in [-0.15, -0.1) is 5.10 Å². The minimum Gasteiger partial charge on any atom is -0.393 e. The minimum absolute atomic E-state index is 0.132. The Balaban J connectivity index is 1.67. The first-order valence-electron chi connectivity index (χ1n) is 8.61. The fourth-order valence-electron chi connectivity index (χ4n) is 3.65. The van der Waals surface area contributed by atoms with Crippen LogP contribution >= 0.6 is 15.9 Å². The lowest BCUT2D eigenvalue weighted by atomic mass is 9.85. The van der Waals surface area contributed by atoms with Gasteiger partial charge in [-0.05, 0) is 66.9 Å². The van der Waals surface area contributed by atoms with Crippen molar-refractivity contribution in [3.05, 3.63) is 22.4 Å². The van der Waals surface area contributed by atoms with E-state index in [1.165, 1.54) is 18.5 Å². The van der Waals surface area contributed by atoms with Gasteiger partial charge in [0.15, 0.2) is 0 Å². The van der Waals surface area contributed by atoms with Gasteiger partial charge in [0.1, 0.15) is 0 Å². The molecule has 0 spiro atoms. The molecule has 4 rings (SSSR count). The minimum atomic E-state index is -0.132. The van der Waals surface area contributed by atoms with E-state index in [9.17, 15) is 5.11 Å². The number of nitrogens with one attached hydrogen (secondary N) is 1. The molecule has 6 heteroatoms. The van der Waals surface area contributed by atoms with Crippen molar-refractivity contribution in [1.29, 1.82) is 0 Å². The third-order valence-corrected chi connectivity index (χ3v) is 6.15. The highest BCUT2D eigenvalue weighted by Crippen LogP contribution is 2.41. The summed E-state index contributed by atoms with van der Waals surface area (Å²) >= 11 is 3.64. The Kier molecular flexibility index (Phi) is 3.84. The molecule has 0 radical (unpaired) electrons. The summed E-state index contributed by atoms with van der Waals surface area (Å²) in [5, 5.41) is 18.0. The number of hydrogen-bond acceptors (Lipinski definition) is 4. The van der Waals surface area contributed by atoms with Gasteiger partial charge >= 0.3 is 0 Å². The molecule has 124 valence electrons. The highest BCUT2D eigenvalue weighted by molar-refractivity contribution is 9.10. The summed E-state index contributed by atoms with van der Waals surface area (Å²) in [4.78, 5) is 4.50. The summed E-state index contributed by atoms with van der Waals surface area (Å²) in [6, 6.07) is 2.17. The number of aliphatic hydroxyl groups excluding tert-OH is 1. The van der Waals surface area contributed by atoms with Gasteiger partial charge in [-0.3, -0.25) is 0 Å². The number of anilines is 1. The molecule has 2 aliphatic carbocycles. The van der Waals surface area contributed by atoms with Crippen LogP contribution in [-0.4, -0.2) is 31.3 Å². The van der Waals surface area contributed by atoms with E-state index in [-0.39, 0.29) is 11.6 Å². The van der Waals surface area contributed by atoms with Crippen LogP contribution in [0.3, 0.4) is 0 Å². The zero-order valence-electron chi connectivity index (χ0n) is 13.4. The van der Waals surface area contributed by atoms with Crippen molar-refractivity contribution in [3.63, 3.8) is 0 Å². The highest BCUT2D eigenvalue weighted by Gasteiger charge is 2.41. The lowest BCUT2D eigenvalue weighted by Gasteiger charge is -2.25. The second kappa shape index (κ2) is 5.74. The molecule has 0 amide bonds. The van der Waals surface area contributed by atoms with Crippen LogP contribution in [0.1, 0.15) is 63.5 Å². The average Bonchev–Trinajstić information content (AvgIpc) is 3.26. The third-order valence-electron chi connectivity index (χ3n) is 5.52. The van der Waals surface area contributed by atoms with Gasteiger partial charge in [-0.1, -0.05) is 6.92 Å². The van der Waals surface area contributed by atoms with Crippen molar-refractivity contribution < 1.29 is 5.11 Å². The van der Waals surface area contributed by atoms with Gasteiger partial charge in [0.25, 0.3) is 0 Å². The number of rotatable bonds is 4. The molecule has 0 aliphatic heterocycles. The monoisotopic (exact) mass is 378 g/mol. The second-order valence-electron chi connectivity index (χ2n) is 7.06. The Morgan fingerprint density at radius 2 is 2.09 bits per heavy atom. The molecule has 5 nitrogen and oxygen atoms in total. The van der Waals surface area contributed by atoms with Crippen LogP contribution < -0.4 is 5.32 Å². The van der Waals surface area contributed by atoms with E-state index >= 15 is 0 Å². The third kappa shape index (κ3) is 2.87. The SMILES string of the molecule is CCC1(Nc2ncc3c(Br)cc(C4CCC(O)CC4)n3n2)CC1. The van der Waals surface area contributed by atoms with Crippen molar-refractivity contribution in [2.75, 3.05) is 5.32 Å². The van der Waals surface area contributed by atoms with Gasteiger partial charge in [-0.2, -0.15) is 0 Å². The van der Waals surface area contributed by atoms with Crippen molar-refractivity contribution in [1.82, 2.24) is 14.6 Å². The summed E-state index contributed by atoms with van der Waals surface area (Å²) in [6.45, 7) is 2.21. The van der Waals surface area contributed by atoms with Crippen LogP contribution in [0.2, 0.25) is 0 Å². The van der Waals surface area contributed by atoms with E-state index in [0.717, 1.165) is 48.0 Å². The molecule has 0 atom stereocenters. The molecule has 2 heterocycles. The zero-order valence-corrected chi connectivity index (χ0v) is 15.0. The Morgan fingerprint density at radius 1 is 1.35 bits per heavy atom. The van der Waals surface area contributed by atoms with Crippen molar-refractivity contribution in [3.8, 4) is 0 Å². The van der Waals surface area contributed by atoms with Crippen molar-refractivity contribution >= 4 is 27.4 Å². The van der Waals surface area contributed by atoms with E-state index in [4.69, 9.17) is 5.10 Å². The van der Waals surface area contributed by atoms with Gasteiger partial charge in [0.05, 0.1) is 17.8 Å². The molecular weight excluding hydrogens is 356 g/mol. The van der Waals surface area contributed by atoms with Crippen LogP contribution in [0.4, 0.5) is 5.95 Å².